The normalized spacial score (nSPS) is 16.8. The van der Waals surface area contributed by atoms with Crippen molar-refractivity contribution in [3.63, 3.8) is 0 Å². The molecule has 1 saturated heterocycles. The molecule has 0 atom stereocenters. The number of fused-ring (bicyclic) bond motifs is 1. The molecule has 0 N–H and O–H groups in total. The molecule has 0 aromatic heterocycles. The predicted octanol–water partition coefficient (Wildman–Crippen LogP) is 4.99. The van der Waals surface area contributed by atoms with Crippen LogP contribution < -0.4 is 0 Å². The summed E-state index contributed by atoms with van der Waals surface area (Å²) in [4.78, 5) is 15.9. The fourth-order valence-corrected chi connectivity index (χ4v) is 4.33. The van der Waals surface area contributed by atoms with Crippen LogP contribution in [0.5, 0.6) is 0 Å². The second-order valence-corrected chi connectivity index (χ2v) is 7.40. The highest BCUT2D eigenvalue weighted by Crippen LogP contribution is 2.44. The third-order valence-corrected chi connectivity index (χ3v) is 5.56. The molecule has 0 saturated carbocycles. The molecule has 0 bridgehead atoms. The first-order chi connectivity index (χ1) is 13.8. The Morgan fingerprint density at radius 1 is 0.607 bits per heavy atom. The molecule has 0 radical (unpaired) electrons. The van der Waals surface area contributed by atoms with Crippen LogP contribution in [0.15, 0.2) is 102 Å². The Morgan fingerprint density at radius 3 is 1.50 bits per heavy atom. The fraction of sp³-hybridized carbons (Fsp3) is 0.115. The summed E-state index contributed by atoms with van der Waals surface area (Å²) in [5.74, 6) is 0.168. The molecule has 3 aromatic rings. The third kappa shape index (κ3) is 2.92. The molecule has 0 unspecified atom stereocenters. The van der Waals surface area contributed by atoms with Crippen molar-refractivity contribution in [1.29, 1.82) is 0 Å². The summed E-state index contributed by atoms with van der Waals surface area (Å²) in [6, 6.07) is 30.8. The Kier molecular flexibility index (Phi) is 4.27. The molecule has 136 valence electrons. The molecule has 0 spiro atoms. The number of hydrogen-bond donors (Lipinski definition) is 0. The van der Waals surface area contributed by atoms with Crippen LogP contribution >= 0.6 is 0 Å². The van der Waals surface area contributed by atoms with Crippen LogP contribution in [0.25, 0.3) is 11.1 Å². The van der Waals surface area contributed by atoms with Crippen LogP contribution in [0.1, 0.15) is 16.7 Å². The van der Waals surface area contributed by atoms with Crippen molar-refractivity contribution in [1.82, 2.24) is 4.90 Å². The van der Waals surface area contributed by atoms with E-state index in [4.69, 9.17) is 0 Å². The standard InChI is InChI=1S/C26H21NO/c28-26-24(20-12-6-2-7-13-20)22-17-27(16-19-10-4-1-5-11-19)18-23(22)25(26)21-14-8-3-9-15-21/h1-15H,16-18H2. The number of hydrogen-bond acceptors (Lipinski definition) is 2. The molecule has 3 aromatic carbocycles. The molecule has 1 heterocycles. The van der Waals surface area contributed by atoms with Crippen molar-refractivity contribution in [3.8, 4) is 0 Å². The number of benzene rings is 3. The highest BCUT2D eigenvalue weighted by Gasteiger charge is 2.38. The van der Waals surface area contributed by atoms with Gasteiger partial charge in [-0.1, -0.05) is 91.0 Å². The van der Waals surface area contributed by atoms with Gasteiger partial charge in [0.15, 0.2) is 5.78 Å². The van der Waals surface area contributed by atoms with Gasteiger partial charge >= 0.3 is 0 Å². The molecular formula is C26H21NO. The van der Waals surface area contributed by atoms with Gasteiger partial charge in [-0.25, -0.2) is 0 Å². The van der Waals surface area contributed by atoms with Crippen molar-refractivity contribution in [2.24, 2.45) is 0 Å². The average molecular weight is 363 g/mol. The Labute approximate surface area is 165 Å². The predicted molar refractivity (Wildman–Crippen MR) is 113 cm³/mol. The molecule has 5 rings (SSSR count). The Morgan fingerprint density at radius 2 is 1.04 bits per heavy atom. The number of ketones is 1. The lowest BCUT2D eigenvalue weighted by atomic mass is 9.96. The van der Waals surface area contributed by atoms with Crippen LogP contribution in [0.2, 0.25) is 0 Å². The van der Waals surface area contributed by atoms with E-state index in [9.17, 15) is 4.79 Å². The van der Waals surface area contributed by atoms with Gasteiger partial charge < -0.3 is 0 Å². The van der Waals surface area contributed by atoms with E-state index in [1.165, 1.54) is 16.7 Å². The van der Waals surface area contributed by atoms with E-state index >= 15 is 0 Å². The van der Waals surface area contributed by atoms with Crippen LogP contribution in [0.3, 0.4) is 0 Å². The average Bonchev–Trinajstić information content (AvgIpc) is 3.24. The van der Waals surface area contributed by atoms with Crippen LogP contribution in [-0.4, -0.2) is 23.8 Å². The number of allylic oxidation sites excluding steroid dienone is 2. The highest BCUT2D eigenvalue weighted by molar-refractivity contribution is 6.47. The topological polar surface area (TPSA) is 20.3 Å². The summed E-state index contributed by atoms with van der Waals surface area (Å²) in [5, 5.41) is 0. The number of Topliss-reactive ketones (excluding diaryl/α,β-unsaturated/α-hetero) is 1. The maximum Gasteiger partial charge on any atom is 0.194 e. The van der Waals surface area contributed by atoms with Crippen molar-refractivity contribution in [2.45, 2.75) is 6.54 Å². The lowest BCUT2D eigenvalue weighted by molar-refractivity contribution is -0.108. The first-order valence-corrected chi connectivity index (χ1v) is 9.70. The van der Waals surface area contributed by atoms with E-state index in [0.29, 0.717) is 0 Å². The lowest BCUT2D eigenvalue weighted by Gasteiger charge is -2.16. The number of carbonyl (C=O) groups excluding carboxylic acids is 1. The van der Waals surface area contributed by atoms with Gasteiger partial charge in [-0.2, -0.15) is 0 Å². The van der Waals surface area contributed by atoms with E-state index in [2.05, 4.69) is 29.2 Å². The van der Waals surface area contributed by atoms with Crippen LogP contribution in [-0.2, 0) is 11.3 Å². The van der Waals surface area contributed by atoms with E-state index < -0.39 is 0 Å². The zero-order valence-corrected chi connectivity index (χ0v) is 15.6. The maximum absolute atomic E-state index is 13.5. The second-order valence-electron chi connectivity index (χ2n) is 7.40. The van der Waals surface area contributed by atoms with Crippen molar-refractivity contribution in [2.75, 3.05) is 13.1 Å². The van der Waals surface area contributed by atoms with E-state index in [1.54, 1.807) is 0 Å². The van der Waals surface area contributed by atoms with Gasteiger partial charge in [0.25, 0.3) is 0 Å². The first-order valence-electron chi connectivity index (χ1n) is 9.70. The van der Waals surface area contributed by atoms with Gasteiger partial charge in [-0.15, -0.1) is 0 Å². The lowest BCUT2D eigenvalue weighted by Crippen LogP contribution is -2.20. The van der Waals surface area contributed by atoms with Crippen molar-refractivity contribution >= 4 is 16.9 Å². The quantitative estimate of drug-likeness (QED) is 0.651. The largest absolute Gasteiger partial charge is 0.291 e. The minimum absolute atomic E-state index is 0.168. The van der Waals surface area contributed by atoms with Gasteiger partial charge in [0, 0.05) is 30.8 Å². The minimum atomic E-state index is 0.168. The molecular weight excluding hydrogens is 342 g/mol. The van der Waals surface area contributed by atoms with Crippen LogP contribution in [0.4, 0.5) is 0 Å². The highest BCUT2D eigenvalue weighted by atomic mass is 16.1. The summed E-state index contributed by atoms with van der Waals surface area (Å²) < 4.78 is 0. The molecule has 28 heavy (non-hydrogen) atoms. The molecule has 1 fully saturated rings. The fourth-order valence-electron chi connectivity index (χ4n) is 4.33. The molecule has 2 aliphatic rings. The monoisotopic (exact) mass is 363 g/mol. The number of rotatable bonds is 4. The number of likely N-dealkylation sites (tertiary alicyclic amines) is 1. The molecule has 1 aliphatic carbocycles. The Bertz CT molecular complexity index is 1010. The summed E-state index contributed by atoms with van der Waals surface area (Å²) in [5.41, 5.74) is 7.50. The smallest absolute Gasteiger partial charge is 0.194 e. The molecule has 2 heteroatoms. The molecule has 0 amide bonds. The Balaban J connectivity index is 1.58. The summed E-state index contributed by atoms with van der Waals surface area (Å²) in [6.07, 6.45) is 0. The van der Waals surface area contributed by atoms with Crippen molar-refractivity contribution < 1.29 is 4.79 Å². The Hall–Kier alpha value is -3.23. The summed E-state index contributed by atoms with van der Waals surface area (Å²) in [6.45, 7) is 2.53. The number of nitrogens with zero attached hydrogens (tertiary/aromatic N) is 1. The third-order valence-electron chi connectivity index (χ3n) is 5.56. The second kappa shape index (κ2) is 7.06. The van der Waals surface area contributed by atoms with E-state index in [-0.39, 0.29) is 5.78 Å². The summed E-state index contributed by atoms with van der Waals surface area (Å²) >= 11 is 0. The summed E-state index contributed by atoms with van der Waals surface area (Å²) in [7, 11) is 0. The van der Waals surface area contributed by atoms with Gasteiger partial charge in [0.05, 0.1) is 0 Å². The maximum atomic E-state index is 13.5. The van der Waals surface area contributed by atoms with Gasteiger partial charge in [0.2, 0.25) is 0 Å². The van der Waals surface area contributed by atoms with Gasteiger partial charge in [0.1, 0.15) is 0 Å². The van der Waals surface area contributed by atoms with Gasteiger partial charge in [-0.05, 0) is 27.8 Å². The van der Waals surface area contributed by atoms with Crippen molar-refractivity contribution in [3.05, 3.63) is 119 Å². The van der Waals surface area contributed by atoms with E-state index in [1.807, 2.05) is 66.7 Å². The molecule has 2 nitrogen and oxygen atoms in total. The number of carbonyl (C=O) groups is 1. The van der Waals surface area contributed by atoms with Crippen LogP contribution in [0, 0.1) is 0 Å². The van der Waals surface area contributed by atoms with Gasteiger partial charge in [-0.3, -0.25) is 9.69 Å². The minimum Gasteiger partial charge on any atom is -0.291 e. The van der Waals surface area contributed by atoms with E-state index in [0.717, 1.165) is 41.9 Å². The zero-order valence-electron chi connectivity index (χ0n) is 15.6. The SMILES string of the molecule is O=C1C(c2ccccc2)=C2CN(Cc3ccccc3)CC2=C1c1ccccc1. The zero-order chi connectivity index (χ0) is 18.9. The first kappa shape index (κ1) is 16.9. The molecule has 1 aliphatic heterocycles.